The van der Waals surface area contributed by atoms with Gasteiger partial charge in [-0.3, -0.25) is 0 Å². The number of aliphatic hydroxyl groups is 11. The first-order chi connectivity index (χ1) is 19.3. The summed E-state index contributed by atoms with van der Waals surface area (Å²) in [6.45, 7) is 1.63. The van der Waals surface area contributed by atoms with Crippen molar-refractivity contribution in [2.75, 3.05) is 13.2 Å². The van der Waals surface area contributed by atoms with E-state index in [1.165, 1.54) is 13.8 Å². The molecule has 18 heteroatoms. The molecule has 18 nitrogen and oxygen atoms in total. The summed E-state index contributed by atoms with van der Waals surface area (Å²) in [5, 5.41) is 113. The molecule has 4 heterocycles. The van der Waals surface area contributed by atoms with Crippen molar-refractivity contribution in [1.29, 1.82) is 0 Å². The van der Waals surface area contributed by atoms with Crippen molar-refractivity contribution in [2.45, 2.75) is 131 Å². The molecule has 41 heavy (non-hydrogen) atoms. The number of rotatable bonds is 7. The summed E-state index contributed by atoms with van der Waals surface area (Å²) >= 11 is 0. The van der Waals surface area contributed by atoms with Crippen molar-refractivity contribution in [3.63, 3.8) is 0 Å². The first-order valence-electron chi connectivity index (χ1n) is 13.2. The minimum atomic E-state index is -1.89. The van der Waals surface area contributed by atoms with Crippen molar-refractivity contribution in [1.82, 2.24) is 0 Å². The number of hydrogen-bond donors (Lipinski definition) is 11. The Morgan fingerprint density at radius 3 is 1.78 bits per heavy atom. The van der Waals surface area contributed by atoms with Gasteiger partial charge in [0.05, 0.1) is 25.4 Å². The van der Waals surface area contributed by atoms with Gasteiger partial charge in [0, 0.05) is 0 Å². The molecule has 0 saturated carbocycles. The van der Waals surface area contributed by atoms with E-state index in [2.05, 4.69) is 0 Å². The average molecular weight is 605 g/mol. The zero-order valence-electron chi connectivity index (χ0n) is 22.2. The van der Waals surface area contributed by atoms with Crippen molar-refractivity contribution < 1.29 is 89.3 Å². The van der Waals surface area contributed by atoms with Crippen molar-refractivity contribution in [2.24, 2.45) is 0 Å². The highest BCUT2D eigenvalue weighted by atomic mass is 16.8. The summed E-state index contributed by atoms with van der Waals surface area (Å²) in [7, 11) is 0. The first kappa shape index (κ1) is 33.2. The smallest absolute Gasteiger partial charge is 0.187 e. The SMILES string of the molecule is C[C@@H]1O[C@@H](O[C@@H]2[C@@H](O)[C@@H](O)[C@@H](C)O[C@H]2O)[C@H](O)[C@H](O[C@@H]2O[C@H](CO)[C@@H](O)[C@H](O)[C@H]2O)[C@H]1O[C@@H]1OC[C@@H](O)[C@H](O)[C@H]1O. The largest absolute Gasteiger partial charge is 0.394 e. The van der Waals surface area contributed by atoms with Crippen molar-refractivity contribution in [3.8, 4) is 0 Å². The molecule has 4 aliphatic rings. The summed E-state index contributed by atoms with van der Waals surface area (Å²) in [6.07, 6.45) is -30.2. The van der Waals surface area contributed by atoms with Crippen LogP contribution in [0, 0.1) is 0 Å². The molecule has 19 atom stereocenters. The molecule has 4 aliphatic heterocycles. The predicted molar refractivity (Wildman–Crippen MR) is 125 cm³/mol. The zero-order valence-corrected chi connectivity index (χ0v) is 22.2. The van der Waals surface area contributed by atoms with Gasteiger partial charge in [0.2, 0.25) is 0 Å². The second-order valence-corrected chi connectivity index (χ2v) is 10.7. The topological polar surface area (TPSA) is 287 Å². The van der Waals surface area contributed by atoms with Gasteiger partial charge in [0.25, 0.3) is 0 Å². The van der Waals surface area contributed by atoms with Crippen LogP contribution in [-0.2, 0) is 33.2 Å². The first-order valence-corrected chi connectivity index (χ1v) is 13.2. The lowest BCUT2D eigenvalue weighted by Crippen LogP contribution is -2.67. The van der Waals surface area contributed by atoms with Crippen LogP contribution in [0.25, 0.3) is 0 Å². The fourth-order valence-corrected chi connectivity index (χ4v) is 5.15. The Kier molecular flexibility index (Phi) is 10.9. The maximum Gasteiger partial charge on any atom is 0.187 e. The van der Waals surface area contributed by atoms with Crippen LogP contribution < -0.4 is 0 Å². The van der Waals surface area contributed by atoms with Crippen LogP contribution in [0.15, 0.2) is 0 Å². The van der Waals surface area contributed by atoms with Crippen LogP contribution in [0.5, 0.6) is 0 Å². The molecular weight excluding hydrogens is 564 g/mol. The van der Waals surface area contributed by atoms with E-state index < -0.39 is 130 Å². The van der Waals surface area contributed by atoms with E-state index >= 15 is 0 Å². The molecule has 0 aromatic heterocycles. The second-order valence-electron chi connectivity index (χ2n) is 10.7. The van der Waals surface area contributed by atoms with E-state index in [0.29, 0.717) is 0 Å². The third-order valence-corrected chi connectivity index (χ3v) is 7.73. The lowest BCUT2D eigenvalue weighted by atomic mass is 9.96. The Balaban J connectivity index is 1.58. The van der Waals surface area contributed by atoms with E-state index in [1.807, 2.05) is 0 Å². The van der Waals surface area contributed by atoms with Crippen LogP contribution in [0.1, 0.15) is 13.8 Å². The lowest BCUT2D eigenvalue weighted by Gasteiger charge is -2.49. The summed E-state index contributed by atoms with van der Waals surface area (Å²) in [5.74, 6) is 0. The molecular formula is C23H40O18. The van der Waals surface area contributed by atoms with Crippen molar-refractivity contribution >= 4 is 0 Å². The van der Waals surface area contributed by atoms with Gasteiger partial charge in [-0.15, -0.1) is 0 Å². The Morgan fingerprint density at radius 1 is 0.537 bits per heavy atom. The molecule has 4 rings (SSSR count). The normalized spacial score (nSPS) is 55.1. The van der Waals surface area contributed by atoms with E-state index in [9.17, 15) is 56.2 Å². The molecule has 0 aliphatic carbocycles. The van der Waals surface area contributed by atoms with Crippen LogP contribution in [0.4, 0.5) is 0 Å². The lowest BCUT2D eigenvalue weighted by molar-refractivity contribution is -0.394. The highest BCUT2D eigenvalue weighted by Crippen LogP contribution is 2.34. The van der Waals surface area contributed by atoms with Gasteiger partial charge in [0.1, 0.15) is 79.4 Å². The quantitative estimate of drug-likeness (QED) is 0.129. The number of aliphatic hydroxyl groups excluding tert-OH is 11. The van der Waals surface area contributed by atoms with Gasteiger partial charge in [-0.05, 0) is 13.8 Å². The molecule has 0 spiro atoms. The molecule has 0 aromatic carbocycles. The van der Waals surface area contributed by atoms with Gasteiger partial charge < -0.3 is 89.3 Å². The fraction of sp³-hybridized carbons (Fsp3) is 1.00. The molecule has 4 fully saturated rings. The van der Waals surface area contributed by atoms with Crippen LogP contribution >= 0.6 is 0 Å². The molecule has 0 aromatic rings. The van der Waals surface area contributed by atoms with Crippen molar-refractivity contribution in [3.05, 3.63) is 0 Å². The third kappa shape index (κ3) is 6.70. The minimum Gasteiger partial charge on any atom is -0.394 e. The summed E-state index contributed by atoms with van der Waals surface area (Å²) in [4.78, 5) is 0. The molecule has 11 N–H and O–H groups in total. The Labute approximate surface area is 233 Å². The summed E-state index contributed by atoms with van der Waals surface area (Å²) < 4.78 is 38.7. The minimum absolute atomic E-state index is 0.421. The molecule has 0 unspecified atom stereocenters. The molecule has 4 saturated heterocycles. The van der Waals surface area contributed by atoms with E-state index in [1.54, 1.807) is 0 Å². The molecule has 240 valence electrons. The molecule has 0 bridgehead atoms. The Hall–Kier alpha value is -0.720. The van der Waals surface area contributed by atoms with Crippen LogP contribution in [0.2, 0.25) is 0 Å². The standard InChI is InChI=1S/C23H40O18/c1-5-9(26)13(30)19(20(34)36-5)41-23-16(33)18(40-22-15(32)12(29)11(28)8(3-24)38-22)17(6(2)37-23)39-21-14(31)10(27)7(25)4-35-21/h5-34H,3-4H2,1-2H3/t5-,6+,7-,8-,9+,10+,11-,12+,13+,14-,15-,16-,17+,18+,19-,20-,21+,22+,23+/m1/s1. The second kappa shape index (κ2) is 13.5. The maximum atomic E-state index is 11.3. The average Bonchev–Trinajstić information content (AvgIpc) is 2.94. The van der Waals surface area contributed by atoms with Crippen LogP contribution in [0.3, 0.4) is 0 Å². The molecule has 0 radical (unpaired) electrons. The highest BCUT2D eigenvalue weighted by Gasteiger charge is 2.54. The summed E-state index contributed by atoms with van der Waals surface area (Å²) in [5.41, 5.74) is 0. The van der Waals surface area contributed by atoms with Gasteiger partial charge in [-0.25, -0.2) is 0 Å². The number of hydrogen-bond acceptors (Lipinski definition) is 18. The fourth-order valence-electron chi connectivity index (χ4n) is 5.15. The monoisotopic (exact) mass is 604 g/mol. The zero-order chi connectivity index (χ0) is 30.3. The predicted octanol–water partition coefficient (Wildman–Crippen LogP) is -7.05. The Morgan fingerprint density at radius 2 is 1.12 bits per heavy atom. The van der Waals surface area contributed by atoms with Gasteiger partial charge in [0.15, 0.2) is 25.2 Å². The number of ether oxygens (including phenoxy) is 7. The van der Waals surface area contributed by atoms with E-state index in [4.69, 9.17) is 33.2 Å². The van der Waals surface area contributed by atoms with E-state index in [0.717, 1.165) is 0 Å². The van der Waals surface area contributed by atoms with Gasteiger partial charge in [-0.2, -0.15) is 0 Å². The highest BCUT2D eigenvalue weighted by molar-refractivity contribution is 4.96. The van der Waals surface area contributed by atoms with E-state index in [-0.39, 0.29) is 0 Å². The van der Waals surface area contributed by atoms with Gasteiger partial charge >= 0.3 is 0 Å². The van der Waals surface area contributed by atoms with Gasteiger partial charge in [-0.1, -0.05) is 0 Å². The molecule has 0 amide bonds. The third-order valence-electron chi connectivity index (χ3n) is 7.73. The van der Waals surface area contributed by atoms with Crippen LogP contribution in [-0.4, -0.2) is 186 Å². The Bertz CT molecular complexity index is 836. The maximum absolute atomic E-state index is 11.3. The summed E-state index contributed by atoms with van der Waals surface area (Å²) in [6, 6.07) is 0.